The smallest absolute Gasteiger partial charge is 0.137 e. The molecule has 13 heavy (non-hydrogen) atoms. The predicted octanol–water partition coefficient (Wildman–Crippen LogP) is 4.45. The van der Waals surface area contributed by atoms with Gasteiger partial charge in [-0.3, -0.25) is 0 Å². The number of aromatic nitrogens is 2. The van der Waals surface area contributed by atoms with Crippen LogP contribution in [0.25, 0.3) is 10.6 Å². The third-order valence-corrected chi connectivity index (χ3v) is 4.68. The summed E-state index contributed by atoms with van der Waals surface area (Å²) in [7, 11) is 0. The third kappa shape index (κ3) is 2.12. The van der Waals surface area contributed by atoms with E-state index < -0.39 is 0 Å². The van der Waals surface area contributed by atoms with Crippen LogP contribution in [-0.2, 0) is 0 Å². The van der Waals surface area contributed by atoms with Gasteiger partial charge < -0.3 is 0 Å². The molecule has 0 radical (unpaired) electrons. The molecule has 0 aliphatic rings. The minimum Gasteiger partial charge on any atom is -0.137 e. The van der Waals surface area contributed by atoms with Crippen molar-refractivity contribution in [3.8, 4) is 10.6 Å². The van der Waals surface area contributed by atoms with Crippen LogP contribution in [0.3, 0.4) is 0 Å². The summed E-state index contributed by atoms with van der Waals surface area (Å²) in [6, 6.07) is 1.99. The first-order valence-corrected chi connectivity index (χ1v) is 6.70. The molecule has 0 aliphatic carbocycles. The van der Waals surface area contributed by atoms with Crippen molar-refractivity contribution in [3.05, 3.63) is 18.1 Å². The number of thiophene rings is 1. The summed E-state index contributed by atoms with van der Waals surface area (Å²) < 4.78 is 2.55. The van der Waals surface area contributed by atoms with Crippen LogP contribution in [0.2, 0.25) is 4.47 Å². The Morgan fingerprint density at radius 2 is 2.00 bits per heavy atom. The SMILES string of the molecule is Clc1nnc(-c2cc(Br)sc2Br)s1. The molecule has 0 aliphatic heterocycles. The van der Waals surface area contributed by atoms with Gasteiger partial charge in [-0.2, -0.15) is 0 Å². The van der Waals surface area contributed by atoms with Gasteiger partial charge in [-0.1, -0.05) is 11.3 Å². The molecule has 0 aromatic carbocycles. The van der Waals surface area contributed by atoms with Crippen molar-refractivity contribution in [2.45, 2.75) is 0 Å². The van der Waals surface area contributed by atoms with Gasteiger partial charge >= 0.3 is 0 Å². The summed E-state index contributed by atoms with van der Waals surface area (Å²) in [5.41, 5.74) is 1.03. The van der Waals surface area contributed by atoms with Crippen molar-refractivity contribution in [1.82, 2.24) is 10.2 Å². The Morgan fingerprint density at radius 1 is 1.23 bits per heavy atom. The van der Waals surface area contributed by atoms with E-state index in [1.165, 1.54) is 11.3 Å². The highest BCUT2D eigenvalue weighted by Crippen LogP contribution is 2.39. The molecule has 0 saturated heterocycles. The average Bonchev–Trinajstić information content (AvgIpc) is 2.58. The lowest BCUT2D eigenvalue weighted by Gasteiger charge is -1.87. The molecule has 2 heterocycles. The Kier molecular flexibility index (Phi) is 3.04. The zero-order valence-corrected chi connectivity index (χ0v) is 11.5. The van der Waals surface area contributed by atoms with Gasteiger partial charge in [0.15, 0.2) is 5.01 Å². The van der Waals surface area contributed by atoms with Crippen LogP contribution < -0.4 is 0 Å². The van der Waals surface area contributed by atoms with Crippen LogP contribution in [-0.4, -0.2) is 10.2 Å². The largest absolute Gasteiger partial charge is 0.207 e. The first-order valence-electron chi connectivity index (χ1n) is 3.11. The fourth-order valence-electron chi connectivity index (χ4n) is 0.800. The Morgan fingerprint density at radius 3 is 2.46 bits per heavy atom. The molecule has 2 aromatic heterocycles. The maximum Gasteiger partial charge on any atom is 0.207 e. The van der Waals surface area contributed by atoms with E-state index in [-0.39, 0.29) is 0 Å². The monoisotopic (exact) mass is 358 g/mol. The lowest BCUT2D eigenvalue weighted by atomic mass is 10.4. The van der Waals surface area contributed by atoms with E-state index in [2.05, 4.69) is 42.1 Å². The zero-order chi connectivity index (χ0) is 9.42. The molecule has 0 spiro atoms. The molecule has 2 rings (SSSR count). The van der Waals surface area contributed by atoms with Crippen molar-refractivity contribution in [2.75, 3.05) is 0 Å². The topological polar surface area (TPSA) is 25.8 Å². The van der Waals surface area contributed by atoms with E-state index in [4.69, 9.17) is 11.6 Å². The van der Waals surface area contributed by atoms with Gasteiger partial charge in [-0.15, -0.1) is 21.5 Å². The van der Waals surface area contributed by atoms with E-state index in [1.54, 1.807) is 11.3 Å². The van der Waals surface area contributed by atoms with Crippen LogP contribution >= 0.6 is 66.1 Å². The molecule has 0 N–H and O–H groups in total. The minimum absolute atomic E-state index is 0.462. The van der Waals surface area contributed by atoms with E-state index in [0.29, 0.717) is 4.47 Å². The number of hydrogen-bond donors (Lipinski definition) is 0. The number of rotatable bonds is 1. The second-order valence-corrected chi connectivity index (χ2v) is 7.41. The lowest BCUT2D eigenvalue weighted by Crippen LogP contribution is -1.72. The molecular formula is C6HBr2ClN2S2. The quantitative estimate of drug-likeness (QED) is 0.751. The minimum atomic E-state index is 0.462. The highest BCUT2D eigenvalue weighted by molar-refractivity contribution is 9.12. The van der Waals surface area contributed by atoms with Crippen molar-refractivity contribution >= 4 is 66.1 Å². The Labute approximate surface area is 104 Å². The summed E-state index contributed by atoms with van der Waals surface area (Å²) in [5, 5.41) is 8.53. The van der Waals surface area contributed by atoms with E-state index in [1.807, 2.05) is 6.07 Å². The van der Waals surface area contributed by atoms with Crippen LogP contribution in [0.1, 0.15) is 0 Å². The number of nitrogens with zero attached hydrogens (tertiary/aromatic N) is 2. The summed E-state index contributed by atoms with van der Waals surface area (Å²) in [5.74, 6) is 0. The van der Waals surface area contributed by atoms with Gasteiger partial charge in [0, 0.05) is 5.56 Å². The normalized spacial score (nSPS) is 10.7. The van der Waals surface area contributed by atoms with E-state index in [0.717, 1.165) is 18.1 Å². The van der Waals surface area contributed by atoms with Crippen molar-refractivity contribution < 1.29 is 0 Å². The molecule has 2 aromatic rings. The predicted molar refractivity (Wildman–Crippen MR) is 63.6 cm³/mol. The summed E-state index contributed by atoms with van der Waals surface area (Å²) in [4.78, 5) is 0. The van der Waals surface area contributed by atoms with Crippen molar-refractivity contribution in [2.24, 2.45) is 0 Å². The van der Waals surface area contributed by atoms with E-state index in [9.17, 15) is 0 Å². The molecule has 0 bridgehead atoms. The summed E-state index contributed by atoms with van der Waals surface area (Å²) >= 11 is 15.5. The first-order chi connectivity index (χ1) is 6.16. The molecule has 7 heteroatoms. The molecule has 0 amide bonds. The van der Waals surface area contributed by atoms with Crippen LogP contribution in [0.15, 0.2) is 13.6 Å². The lowest BCUT2D eigenvalue weighted by molar-refractivity contribution is 1.10. The van der Waals surface area contributed by atoms with Crippen LogP contribution in [0, 0.1) is 0 Å². The average molecular weight is 360 g/mol. The maximum absolute atomic E-state index is 5.69. The van der Waals surface area contributed by atoms with Gasteiger partial charge in [0.25, 0.3) is 0 Å². The summed E-state index contributed by atoms with van der Waals surface area (Å²) in [6.07, 6.45) is 0. The van der Waals surface area contributed by atoms with Gasteiger partial charge in [-0.05, 0) is 49.5 Å². The molecule has 2 nitrogen and oxygen atoms in total. The molecule has 0 fully saturated rings. The van der Waals surface area contributed by atoms with Gasteiger partial charge in [0.05, 0.1) is 7.57 Å². The zero-order valence-electron chi connectivity index (χ0n) is 5.92. The highest BCUT2D eigenvalue weighted by atomic mass is 79.9. The van der Waals surface area contributed by atoms with Gasteiger partial charge in [-0.25, -0.2) is 0 Å². The molecule has 0 atom stereocenters. The molecule has 0 unspecified atom stereocenters. The Hall–Kier alpha value is 0.510. The fourth-order valence-corrected chi connectivity index (χ4v) is 4.65. The highest BCUT2D eigenvalue weighted by Gasteiger charge is 2.11. The van der Waals surface area contributed by atoms with Crippen LogP contribution in [0.5, 0.6) is 0 Å². The maximum atomic E-state index is 5.69. The molecule has 68 valence electrons. The third-order valence-electron chi connectivity index (χ3n) is 1.29. The number of hydrogen-bond acceptors (Lipinski definition) is 4. The number of halogens is 3. The molecular weight excluding hydrogens is 359 g/mol. The second kappa shape index (κ2) is 3.94. The van der Waals surface area contributed by atoms with Gasteiger partial charge in [0.1, 0.15) is 0 Å². The second-order valence-electron chi connectivity index (χ2n) is 2.10. The van der Waals surface area contributed by atoms with Crippen molar-refractivity contribution in [3.63, 3.8) is 0 Å². The first kappa shape index (κ1) is 10.0. The van der Waals surface area contributed by atoms with Crippen LogP contribution in [0.4, 0.5) is 0 Å². The Balaban J connectivity index is 2.51. The van der Waals surface area contributed by atoms with Gasteiger partial charge in [0.2, 0.25) is 4.47 Å². The Bertz CT molecular complexity index is 440. The fraction of sp³-hybridized carbons (Fsp3) is 0. The van der Waals surface area contributed by atoms with E-state index >= 15 is 0 Å². The standard InChI is InChI=1S/C6HBr2ClN2S2/c7-3-1-2(4(8)12-3)5-10-11-6(9)13-5/h1H. The summed E-state index contributed by atoms with van der Waals surface area (Å²) in [6.45, 7) is 0. The molecule has 0 saturated carbocycles. The van der Waals surface area contributed by atoms with Crippen molar-refractivity contribution in [1.29, 1.82) is 0 Å².